The van der Waals surface area contributed by atoms with Crippen LogP contribution in [-0.2, 0) is 14.8 Å². The van der Waals surface area contributed by atoms with E-state index in [4.69, 9.17) is 49.0 Å². The van der Waals surface area contributed by atoms with Crippen LogP contribution in [0.2, 0.25) is 5.15 Å². The highest BCUT2D eigenvalue weighted by Gasteiger charge is 2.25. The van der Waals surface area contributed by atoms with E-state index in [1.807, 2.05) is 13.8 Å². The van der Waals surface area contributed by atoms with E-state index in [0.717, 1.165) is 0 Å². The van der Waals surface area contributed by atoms with Crippen molar-refractivity contribution in [1.29, 1.82) is 0 Å². The van der Waals surface area contributed by atoms with Crippen LogP contribution in [0.25, 0.3) is 0 Å². The molecule has 1 aliphatic rings. The highest BCUT2D eigenvalue weighted by atomic mass is 35.5. The number of nitrogens with zero attached hydrogens (tertiary/aromatic N) is 2. The van der Waals surface area contributed by atoms with Crippen LogP contribution in [0.5, 0.6) is 11.8 Å². The van der Waals surface area contributed by atoms with Crippen molar-refractivity contribution in [3.8, 4) is 11.8 Å². The van der Waals surface area contributed by atoms with Gasteiger partial charge in [-0.05, 0) is 12.5 Å². The Morgan fingerprint density at radius 2 is 1.80 bits per heavy atom. The molecule has 0 aliphatic heterocycles. The van der Waals surface area contributed by atoms with E-state index in [0.29, 0.717) is 19.4 Å². The average Bonchev–Trinajstić information content (AvgIpc) is 2.89. The topological polar surface area (TPSA) is 99.6 Å². The fourth-order valence-corrected chi connectivity index (χ4v) is 4.07. The second-order valence-electron chi connectivity index (χ2n) is 5.35. The second kappa shape index (κ2) is 13.0. The molecule has 0 saturated carbocycles. The van der Waals surface area contributed by atoms with Crippen LogP contribution in [-0.4, -0.2) is 45.8 Å². The van der Waals surface area contributed by atoms with Crippen LogP contribution in [0.1, 0.15) is 26.7 Å². The first-order chi connectivity index (χ1) is 14.3. The minimum Gasteiger partial charge on any atom is -0.478 e. The summed E-state index contributed by atoms with van der Waals surface area (Å²) in [4.78, 5) is 7.83. The van der Waals surface area contributed by atoms with Gasteiger partial charge in [-0.15, -0.1) is 0 Å². The van der Waals surface area contributed by atoms with Gasteiger partial charge in [-0.3, -0.25) is 4.72 Å². The van der Waals surface area contributed by atoms with Gasteiger partial charge in [0.1, 0.15) is 4.91 Å². The molecule has 1 aliphatic carbocycles. The molecule has 0 unspecified atom stereocenters. The Morgan fingerprint density at radius 1 is 1.10 bits per heavy atom. The van der Waals surface area contributed by atoms with Crippen LogP contribution in [0.15, 0.2) is 33.2 Å². The first kappa shape index (κ1) is 26.5. The Kier molecular flexibility index (Phi) is 11.5. The van der Waals surface area contributed by atoms with E-state index in [2.05, 4.69) is 14.7 Å². The zero-order chi connectivity index (χ0) is 22.7. The largest absolute Gasteiger partial charge is 0.478 e. The van der Waals surface area contributed by atoms with Gasteiger partial charge >= 0.3 is 0 Å². The van der Waals surface area contributed by atoms with Crippen molar-refractivity contribution in [2.75, 3.05) is 32.2 Å². The van der Waals surface area contributed by atoms with Gasteiger partial charge in [0.2, 0.25) is 5.82 Å². The maximum absolute atomic E-state index is 12.8. The first-order valence-corrected chi connectivity index (χ1v) is 11.6. The van der Waals surface area contributed by atoms with E-state index in [1.165, 1.54) is 13.2 Å². The van der Waals surface area contributed by atoms with E-state index in [-0.39, 0.29) is 44.3 Å². The van der Waals surface area contributed by atoms with Crippen LogP contribution < -0.4 is 14.2 Å². The van der Waals surface area contributed by atoms with Crippen molar-refractivity contribution in [1.82, 2.24) is 9.97 Å². The van der Waals surface area contributed by atoms with Gasteiger partial charge in [0.15, 0.2) is 5.15 Å². The lowest BCUT2D eigenvalue weighted by Crippen LogP contribution is -2.17. The quantitative estimate of drug-likeness (QED) is 0.484. The van der Waals surface area contributed by atoms with Gasteiger partial charge in [-0.1, -0.05) is 60.8 Å². The molecule has 0 radical (unpaired) electrons. The van der Waals surface area contributed by atoms with Gasteiger partial charge in [0.05, 0.1) is 23.8 Å². The van der Waals surface area contributed by atoms with Crippen molar-refractivity contribution >= 4 is 50.6 Å². The summed E-state index contributed by atoms with van der Waals surface area (Å²) in [5.74, 6) is -0.327. The molecule has 1 heterocycles. The third kappa shape index (κ3) is 7.31. The van der Waals surface area contributed by atoms with Gasteiger partial charge in [-0.25, -0.2) is 13.4 Å². The fourth-order valence-electron chi connectivity index (χ4n) is 2.07. The number of allylic oxidation sites excluding steroid dienone is 5. The molecule has 8 nitrogen and oxygen atoms in total. The molecule has 1 aromatic rings. The van der Waals surface area contributed by atoms with Gasteiger partial charge < -0.3 is 14.2 Å². The maximum atomic E-state index is 12.8. The zero-order valence-corrected chi connectivity index (χ0v) is 20.1. The number of ether oxygens (including phenoxy) is 3. The molecule has 0 fully saturated rings. The molecular formula is C18H24Cl3N3O5S. The molecule has 12 heteroatoms. The number of halogens is 3. The molecule has 0 aromatic carbocycles. The Balaban J connectivity index is 0.00000218. The predicted octanol–water partition coefficient (Wildman–Crippen LogP) is 4.85. The number of sulfonamides is 1. The molecule has 1 N–H and O–H groups in total. The minimum atomic E-state index is -4.14. The van der Waals surface area contributed by atoms with Crippen molar-refractivity contribution in [2.45, 2.75) is 26.7 Å². The smallest absolute Gasteiger partial charge is 0.264 e. The fraction of sp³-hybridized carbons (Fsp3) is 0.444. The van der Waals surface area contributed by atoms with Crippen LogP contribution in [0.4, 0.5) is 5.82 Å². The van der Waals surface area contributed by atoms with E-state index >= 15 is 0 Å². The SMILES string of the molecule is CC.COCCCOc1nc(OC)c(NS(=O)(=O)C2=C(Cl)C(Cl)=CCC=C2)nc1Cl. The van der Waals surface area contributed by atoms with Gasteiger partial charge in [-0.2, -0.15) is 4.98 Å². The number of hydrogen-bond acceptors (Lipinski definition) is 7. The molecule has 0 atom stereocenters. The first-order valence-electron chi connectivity index (χ1n) is 8.98. The summed E-state index contributed by atoms with van der Waals surface area (Å²) in [5, 5.41) is -0.118. The highest BCUT2D eigenvalue weighted by molar-refractivity contribution is 7.96. The predicted molar refractivity (Wildman–Crippen MR) is 120 cm³/mol. The van der Waals surface area contributed by atoms with Crippen molar-refractivity contribution < 1.29 is 22.6 Å². The number of aromatic nitrogens is 2. The summed E-state index contributed by atoms with van der Waals surface area (Å²) < 4.78 is 43.3. The third-order valence-corrected chi connectivity index (χ3v) is 5.95. The standard InChI is InChI=1S/C16H18Cl3N3O5S.C2H6/c1-25-8-5-9-27-15-13(19)20-14(16(21-15)26-2)22-28(23,24)11-7-4-3-6-10(17)12(11)18;1-2/h4,6-7H,3,5,8-9H2,1-2H3,(H,20,22);1-2H3. The molecule has 1 aromatic heterocycles. The number of hydrogen-bond donors (Lipinski definition) is 1. The van der Waals surface area contributed by atoms with Crippen LogP contribution in [0.3, 0.4) is 0 Å². The van der Waals surface area contributed by atoms with Crippen LogP contribution in [0, 0.1) is 0 Å². The summed E-state index contributed by atoms with van der Waals surface area (Å²) >= 11 is 18.1. The Hall–Kier alpha value is -1.52. The summed E-state index contributed by atoms with van der Waals surface area (Å²) in [6.07, 6.45) is 5.61. The minimum absolute atomic E-state index is 0.00940. The molecular weight excluding hydrogens is 477 g/mol. The van der Waals surface area contributed by atoms with Crippen molar-refractivity contribution in [3.05, 3.63) is 38.4 Å². The lowest BCUT2D eigenvalue weighted by molar-refractivity contribution is 0.170. The number of methoxy groups -OCH3 is 2. The highest BCUT2D eigenvalue weighted by Crippen LogP contribution is 2.33. The molecule has 168 valence electrons. The number of anilines is 1. The Labute approximate surface area is 191 Å². The summed E-state index contributed by atoms with van der Waals surface area (Å²) in [7, 11) is -1.26. The Morgan fingerprint density at radius 3 is 2.43 bits per heavy atom. The number of rotatable bonds is 9. The second-order valence-corrected chi connectivity index (χ2v) is 8.14. The average molecular weight is 501 g/mol. The van der Waals surface area contributed by atoms with E-state index in [9.17, 15) is 8.42 Å². The lowest BCUT2D eigenvalue weighted by atomic mass is 10.4. The number of nitrogens with one attached hydrogen (secondary N) is 1. The van der Waals surface area contributed by atoms with Crippen molar-refractivity contribution in [3.63, 3.8) is 0 Å². The molecule has 0 saturated heterocycles. The zero-order valence-electron chi connectivity index (χ0n) is 17.0. The molecule has 0 amide bonds. The van der Waals surface area contributed by atoms with Gasteiger partial charge in [0, 0.05) is 20.1 Å². The molecule has 0 spiro atoms. The molecule has 2 rings (SSSR count). The summed E-state index contributed by atoms with van der Waals surface area (Å²) in [5.41, 5.74) is 0. The van der Waals surface area contributed by atoms with E-state index < -0.39 is 10.0 Å². The molecule has 30 heavy (non-hydrogen) atoms. The third-order valence-electron chi connectivity index (χ3n) is 3.37. The lowest BCUT2D eigenvalue weighted by Gasteiger charge is -2.14. The van der Waals surface area contributed by atoms with Crippen molar-refractivity contribution in [2.24, 2.45) is 0 Å². The monoisotopic (exact) mass is 499 g/mol. The van der Waals surface area contributed by atoms with Crippen LogP contribution >= 0.6 is 34.8 Å². The maximum Gasteiger partial charge on any atom is 0.264 e. The van der Waals surface area contributed by atoms with E-state index in [1.54, 1.807) is 19.3 Å². The van der Waals surface area contributed by atoms with Gasteiger partial charge in [0.25, 0.3) is 21.8 Å². The molecule has 0 bridgehead atoms. The normalized spacial score (nSPS) is 13.8. The summed E-state index contributed by atoms with van der Waals surface area (Å²) in [6.45, 7) is 4.79. The summed E-state index contributed by atoms with van der Waals surface area (Å²) in [6, 6.07) is 0. The Bertz CT molecular complexity index is 918.